The van der Waals surface area contributed by atoms with Crippen molar-refractivity contribution in [2.75, 3.05) is 12.4 Å². The molecule has 0 saturated carbocycles. The van der Waals surface area contributed by atoms with E-state index in [1.807, 2.05) is 30.3 Å². The summed E-state index contributed by atoms with van der Waals surface area (Å²) in [5, 5.41) is 3.95. The molecule has 0 saturated heterocycles. The standard InChI is InChI=1S/C18H15BrN2O3/c1-24-18(23)13-9-15-12(7-14(13)19)8-16(17(22)21-15)20-10-11-5-3-2-4-6-11/h2-9,20H,10H2,1H3,(H,21,22). The molecule has 0 spiro atoms. The van der Waals surface area contributed by atoms with E-state index in [-0.39, 0.29) is 5.56 Å². The molecule has 5 nitrogen and oxygen atoms in total. The number of fused-ring (bicyclic) bond motifs is 1. The molecule has 1 heterocycles. The van der Waals surface area contributed by atoms with Gasteiger partial charge in [-0.3, -0.25) is 4.79 Å². The molecule has 3 aromatic rings. The maximum absolute atomic E-state index is 12.2. The van der Waals surface area contributed by atoms with Gasteiger partial charge in [0.25, 0.3) is 5.56 Å². The Balaban J connectivity index is 1.95. The highest BCUT2D eigenvalue weighted by Crippen LogP contribution is 2.24. The van der Waals surface area contributed by atoms with Crippen molar-refractivity contribution in [3.05, 3.63) is 74.5 Å². The van der Waals surface area contributed by atoms with E-state index < -0.39 is 5.97 Å². The molecule has 0 aliphatic heterocycles. The van der Waals surface area contributed by atoms with Crippen molar-refractivity contribution in [3.8, 4) is 0 Å². The lowest BCUT2D eigenvalue weighted by Crippen LogP contribution is -2.14. The fourth-order valence-corrected chi connectivity index (χ4v) is 2.94. The number of nitrogens with one attached hydrogen (secondary N) is 2. The molecule has 0 aliphatic carbocycles. The lowest BCUT2D eigenvalue weighted by atomic mass is 10.1. The maximum atomic E-state index is 12.2. The molecule has 3 rings (SSSR count). The molecule has 0 aliphatic rings. The number of benzene rings is 2. The van der Waals surface area contributed by atoms with Crippen LogP contribution in [0, 0.1) is 0 Å². The van der Waals surface area contributed by atoms with Gasteiger partial charge >= 0.3 is 5.97 Å². The Hall–Kier alpha value is -2.60. The highest BCUT2D eigenvalue weighted by molar-refractivity contribution is 9.10. The van der Waals surface area contributed by atoms with Gasteiger partial charge in [-0.25, -0.2) is 4.79 Å². The van der Waals surface area contributed by atoms with Crippen LogP contribution in [0.15, 0.2) is 57.8 Å². The van der Waals surface area contributed by atoms with Crippen molar-refractivity contribution in [2.24, 2.45) is 0 Å². The molecule has 6 heteroatoms. The van der Waals surface area contributed by atoms with Crippen LogP contribution in [0.5, 0.6) is 0 Å². The van der Waals surface area contributed by atoms with Crippen LogP contribution in [0.2, 0.25) is 0 Å². The minimum absolute atomic E-state index is 0.239. The SMILES string of the molecule is COC(=O)c1cc2[nH]c(=O)c(NCc3ccccc3)cc2cc1Br. The van der Waals surface area contributed by atoms with Gasteiger partial charge in [0.1, 0.15) is 5.69 Å². The van der Waals surface area contributed by atoms with Gasteiger partial charge in [-0.15, -0.1) is 0 Å². The quantitative estimate of drug-likeness (QED) is 0.670. The molecule has 1 aromatic heterocycles. The van der Waals surface area contributed by atoms with Gasteiger partial charge in [0, 0.05) is 21.9 Å². The molecule has 2 aromatic carbocycles. The Morgan fingerprint density at radius 1 is 1.21 bits per heavy atom. The van der Waals surface area contributed by atoms with Crippen LogP contribution in [-0.4, -0.2) is 18.1 Å². The van der Waals surface area contributed by atoms with Crippen molar-refractivity contribution >= 4 is 38.5 Å². The lowest BCUT2D eigenvalue weighted by Gasteiger charge is -2.09. The Labute approximate surface area is 146 Å². The normalized spacial score (nSPS) is 10.6. The molecule has 0 amide bonds. The number of aromatic amines is 1. The number of rotatable bonds is 4. The number of methoxy groups -OCH3 is 1. The Kier molecular flexibility index (Phi) is 4.66. The summed E-state index contributed by atoms with van der Waals surface area (Å²) in [5.41, 5.74) is 2.26. The van der Waals surface area contributed by atoms with Crippen molar-refractivity contribution in [2.45, 2.75) is 6.54 Å². The maximum Gasteiger partial charge on any atom is 0.339 e. The van der Waals surface area contributed by atoms with Gasteiger partial charge in [0.05, 0.1) is 12.7 Å². The first-order chi connectivity index (χ1) is 11.6. The first-order valence-corrected chi connectivity index (χ1v) is 8.10. The van der Waals surface area contributed by atoms with Gasteiger partial charge < -0.3 is 15.0 Å². The van der Waals surface area contributed by atoms with Crippen LogP contribution < -0.4 is 10.9 Å². The number of aromatic nitrogens is 1. The van der Waals surface area contributed by atoms with E-state index in [4.69, 9.17) is 4.74 Å². The fourth-order valence-electron chi connectivity index (χ4n) is 2.42. The van der Waals surface area contributed by atoms with Gasteiger partial charge in [0.15, 0.2) is 0 Å². The predicted molar refractivity (Wildman–Crippen MR) is 97.4 cm³/mol. The zero-order chi connectivity index (χ0) is 17.1. The largest absolute Gasteiger partial charge is 0.465 e. The van der Waals surface area contributed by atoms with Crippen molar-refractivity contribution in [3.63, 3.8) is 0 Å². The molecule has 0 bridgehead atoms. The second kappa shape index (κ2) is 6.88. The van der Waals surface area contributed by atoms with Crippen LogP contribution in [0.3, 0.4) is 0 Å². The monoisotopic (exact) mass is 386 g/mol. The average Bonchev–Trinajstić information content (AvgIpc) is 2.60. The topological polar surface area (TPSA) is 71.2 Å². The second-order valence-electron chi connectivity index (χ2n) is 5.26. The van der Waals surface area contributed by atoms with Crippen LogP contribution in [0.4, 0.5) is 5.69 Å². The molecular weight excluding hydrogens is 372 g/mol. The Morgan fingerprint density at radius 2 is 1.96 bits per heavy atom. The second-order valence-corrected chi connectivity index (χ2v) is 6.12. The summed E-state index contributed by atoms with van der Waals surface area (Å²) in [6.45, 7) is 0.552. The molecular formula is C18H15BrN2O3. The van der Waals surface area contributed by atoms with Crippen LogP contribution in [0.25, 0.3) is 10.9 Å². The Bertz CT molecular complexity index is 952. The number of H-pyrrole nitrogens is 1. The fraction of sp³-hybridized carbons (Fsp3) is 0.111. The zero-order valence-corrected chi connectivity index (χ0v) is 14.5. The number of esters is 1. The van der Waals surface area contributed by atoms with E-state index in [1.54, 1.807) is 18.2 Å². The van der Waals surface area contributed by atoms with Gasteiger partial charge in [-0.2, -0.15) is 0 Å². The van der Waals surface area contributed by atoms with Gasteiger partial charge in [-0.05, 0) is 39.7 Å². The molecule has 0 radical (unpaired) electrons. The smallest absolute Gasteiger partial charge is 0.339 e. The third-order valence-corrected chi connectivity index (χ3v) is 4.32. The molecule has 122 valence electrons. The van der Waals surface area contributed by atoms with Crippen LogP contribution in [0.1, 0.15) is 15.9 Å². The summed E-state index contributed by atoms with van der Waals surface area (Å²) < 4.78 is 5.35. The third-order valence-electron chi connectivity index (χ3n) is 3.66. The van der Waals surface area contributed by atoms with Crippen LogP contribution in [-0.2, 0) is 11.3 Å². The summed E-state index contributed by atoms with van der Waals surface area (Å²) in [4.78, 5) is 26.8. The predicted octanol–water partition coefficient (Wildman–Crippen LogP) is 3.69. The number of carbonyl (C=O) groups is 1. The minimum Gasteiger partial charge on any atom is -0.465 e. The molecule has 24 heavy (non-hydrogen) atoms. The van der Waals surface area contributed by atoms with E-state index in [0.29, 0.717) is 27.8 Å². The summed E-state index contributed by atoms with van der Waals surface area (Å²) in [7, 11) is 1.32. The van der Waals surface area contributed by atoms with Crippen molar-refractivity contribution < 1.29 is 9.53 Å². The number of pyridine rings is 1. The average molecular weight is 387 g/mol. The van der Waals surface area contributed by atoms with Gasteiger partial charge in [-0.1, -0.05) is 30.3 Å². The van der Waals surface area contributed by atoms with E-state index in [2.05, 4.69) is 26.2 Å². The van der Waals surface area contributed by atoms with E-state index in [0.717, 1.165) is 10.9 Å². The Morgan fingerprint density at radius 3 is 2.67 bits per heavy atom. The first kappa shape index (κ1) is 16.3. The number of anilines is 1. The number of hydrogen-bond acceptors (Lipinski definition) is 4. The number of halogens is 1. The number of carbonyl (C=O) groups excluding carboxylic acids is 1. The van der Waals surface area contributed by atoms with Crippen molar-refractivity contribution in [1.29, 1.82) is 0 Å². The highest BCUT2D eigenvalue weighted by atomic mass is 79.9. The molecule has 0 fully saturated rings. The lowest BCUT2D eigenvalue weighted by molar-refractivity contribution is 0.0600. The van der Waals surface area contributed by atoms with E-state index >= 15 is 0 Å². The highest BCUT2D eigenvalue weighted by Gasteiger charge is 2.13. The number of ether oxygens (including phenoxy) is 1. The summed E-state index contributed by atoms with van der Waals surface area (Å²) in [6.07, 6.45) is 0. The third kappa shape index (κ3) is 3.33. The van der Waals surface area contributed by atoms with Crippen molar-refractivity contribution in [1.82, 2.24) is 4.98 Å². The minimum atomic E-state index is -0.462. The van der Waals surface area contributed by atoms with E-state index in [9.17, 15) is 9.59 Å². The summed E-state index contributed by atoms with van der Waals surface area (Å²) in [6, 6.07) is 15.0. The van der Waals surface area contributed by atoms with Crippen LogP contribution >= 0.6 is 15.9 Å². The first-order valence-electron chi connectivity index (χ1n) is 7.31. The molecule has 0 atom stereocenters. The van der Waals surface area contributed by atoms with Gasteiger partial charge in [0.2, 0.25) is 0 Å². The summed E-state index contributed by atoms with van der Waals surface area (Å²) >= 11 is 3.36. The number of hydrogen-bond donors (Lipinski definition) is 2. The zero-order valence-electron chi connectivity index (χ0n) is 12.9. The summed E-state index contributed by atoms with van der Waals surface area (Å²) in [5.74, 6) is -0.462. The molecule has 2 N–H and O–H groups in total. The molecule has 0 unspecified atom stereocenters. The van der Waals surface area contributed by atoms with E-state index in [1.165, 1.54) is 7.11 Å².